The molecule has 0 spiro atoms. The van der Waals surface area contributed by atoms with Crippen molar-refractivity contribution in [3.63, 3.8) is 0 Å². The minimum Gasteiger partial charge on any atom is -0.395 e. The molecule has 0 aliphatic carbocycles. The number of unbranched alkanes of at least 4 members (excludes halogenated alkanes) is 9. The Morgan fingerprint density at radius 2 is 1.02 bits per heavy atom. The van der Waals surface area contributed by atoms with Crippen molar-refractivity contribution in [2.75, 3.05) is 39.0 Å². The minimum atomic E-state index is -3.92. The van der Waals surface area contributed by atoms with Gasteiger partial charge in [0.05, 0.1) is 19.4 Å². The van der Waals surface area contributed by atoms with Crippen LogP contribution in [0.2, 0.25) is 0 Å². The van der Waals surface area contributed by atoms with Crippen LogP contribution in [0.4, 0.5) is 0 Å². The average molecular weight is 636 g/mol. The first-order valence-corrected chi connectivity index (χ1v) is 20.1. The lowest BCUT2D eigenvalue weighted by atomic mass is 9.84. The molecule has 0 aliphatic rings. The van der Waals surface area contributed by atoms with Crippen molar-refractivity contribution in [2.24, 2.45) is 29.6 Å². The molecule has 262 valence electrons. The maximum Gasteiger partial charge on any atom is 0.325 e. The third-order valence-electron chi connectivity index (χ3n) is 8.89. The molecule has 0 saturated heterocycles. The highest BCUT2D eigenvalue weighted by atomic mass is 31.2. The fourth-order valence-electron chi connectivity index (χ4n) is 5.90. The topological polar surface area (TPSA) is 101 Å². The van der Waals surface area contributed by atoms with Gasteiger partial charge < -0.3 is 20.0 Å². The lowest BCUT2D eigenvalue weighted by Gasteiger charge is -2.26. The van der Waals surface area contributed by atoms with Gasteiger partial charge in [-0.2, -0.15) is 0 Å². The van der Waals surface area contributed by atoms with Crippen LogP contribution in [0.1, 0.15) is 164 Å². The summed E-state index contributed by atoms with van der Waals surface area (Å²) < 4.78 is 11.5. The van der Waals surface area contributed by atoms with Gasteiger partial charge >= 0.3 is 7.60 Å². The molecule has 7 heteroatoms. The quantitative estimate of drug-likeness (QED) is 0.0482. The SMILES string of the molecule is CC(C)CCCC(C)CCC(CP(=O)(O)O)C(C)CCCC(C)C.CCCCCCCCCCCCN(CCO)CCO. The Kier molecular flexibility index (Phi) is 32.2. The van der Waals surface area contributed by atoms with E-state index in [0.717, 1.165) is 31.7 Å². The largest absolute Gasteiger partial charge is 0.395 e. The van der Waals surface area contributed by atoms with Gasteiger partial charge in [0.25, 0.3) is 0 Å². The molecular formula is C36H78NO5P. The molecule has 0 aromatic carbocycles. The van der Waals surface area contributed by atoms with Gasteiger partial charge in [0.15, 0.2) is 0 Å². The zero-order valence-corrected chi connectivity index (χ0v) is 30.8. The Morgan fingerprint density at radius 3 is 1.47 bits per heavy atom. The first-order chi connectivity index (χ1) is 20.4. The van der Waals surface area contributed by atoms with E-state index in [4.69, 9.17) is 10.2 Å². The zero-order valence-electron chi connectivity index (χ0n) is 29.9. The maximum atomic E-state index is 11.5. The van der Waals surface area contributed by atoms with E-state index in [1.165, 1.54) is 96.3 Å². The number of nitrogens with zero attached hydrogens (tertiary/aromatic N) is 1. The summed E-state index contributed by atoms with van der Waals surface area (Å²) in [5, 5.41) is 17.8. The summed E-state index contributed by atoms with van der Waals surface area (Å²) in [4.78, 5) is 21.0. The molecule has 43 heavy (non-hydrogen) atoms. The zero-order chi connectivity index (χ0) is 32.9. The molecule has 0 aromatic heterocycles. The Bertz CT molecular complexity index is 606. The molecular weight excluding hydrogens is 557 g/mol. The van der Waals surface area contributed by atoms with Gasteiger partial charge in [0.2, 0.25) is 0 Å². The van der Waals surface area contributed by atoms with Crippen LogP contribution in [0.3, 0.4) is 0 Å². The van der Waals surface area contributed by atoms with E-state index in [9.17, 15) is 14.4 Å². The molecule has 0 rings (SSSR count). The summed E-state index contributed by atoms with van der Waals surface area (Å²) in [7, 11) is -3.92. The highest BCUT2D eigenvalue weighted by molar-refractivity contribution is 7.51. The van der Waals surface area contributed by atoms with Crippen LogP contribution in [-0.2, 0) is 4.57 Å². The van der Waals surface area contributed by atoms with E-state index in [-0.39, 0.29) is 25.3 Å². The van der Waals surface area contributed by atoms with Crippen LogP contribution < -0.4 is 0 Å². The predicted molar refractivity (Wildman–Crippen MR) is 188 cm³/mol. The van der Waals surface area contributed by atoms with Gasteiger partial charge in [0, 0.05) is 13.1 Å². The average Bonchev–Trinajstić information content (AvgIpc) is 2.91. The lowest BCUT2D eigenvalue weighted by Crippen LogP contribution is -2.30. The summed E-state index contributed by atoms with van der Waals surface area (Å²) >= 11 is 0. The van der Waals surface area contributed by atoms with Crippen LogP contribution in [-0.4, -0.2) is 63.9 Å². The number of hydrogen-bond donors (Lipinski definition) is 4. The van der Waals surface area contributed by atoms with E-state index >= 15 is 0 Å². The van der Waals surface area contributed by atoms with Crippen molar-refractivity contribution >= 4 is 7.60 Å². The summed E-state index contributed by atoms with van der Waals surface area (Å²) in [6.07, 6.45) is 22.9. The summed E-state index contributed by atoms with van der Waals surface area (Å²) in [5.41, 5.74) is 0. The van der Waals surface area contributed by atoms with Crippen LogP contribution in [0.15, 0.2) is 0 Å². The second-order valence-corrected chi connectivity index (χ2v) is 16.1. The third kappa shape index (κ3) is 34.7. The summed E-state index contributed by atoms with van der Waals surface area (Å²) in [6.45, 7) is 18.5. The molecule has 3 atom stereocenters. The van der Waals surface area contributed by atoms with Crippen molar-refractivity contribution in [3.05, 3.63) is 0 Å². The van der Waals surface area contributed by atoms with Gasteiger partial charge in [-0.15, -0.1) is 0 Å². The van der Waals surface area contributed by atoms with Gasteiger partial charge in [-0.05, 0) is 49.0 Å². The summed E-state index contributed by atoms with van der Waals surface area (Å²) in [6, 6.07) is 0. The van der Waals surface area contributed by atoms with E-state index in [0.29, 0.717) is 30.8 Å². The van der Waals surface area contributed by atoms with Crippen molar-refractivity contribution in [2.45, 2.75) is 164 Å². The molecule has 0 aliphatic heterocycles. The maximum absolute atomic E-state index is 11.5. The standard InChI is InChI=1S/C20H43O3P.C16H35NO2/c1-16(2)9-7-11-18(5)13-14-20(15-24(21,22)23)19(6)12-8-10-17(3)4;1-2-3-4-5-6-7-8-9-10-11-12-17(13-15-18)14-16-19/h16-20H,7-15H2,1-6H3,(H2,21,22,23);18-19H,2-16H2,1H3. The molecule has 0 heterocycles. The Labute approximate surface area is 269 Å². The smallest absolute Gasteiger partial charge is 0.325 e. The molecule has 0 fully saturated rings. The highest BCUT2D eigenvalue weighted by Gasteiger charge is 2.26. The first-order valence-electron chi connectivity index (χ1n) is 18.3. The fourth-order valence-corrected chi connectivity index (χ4v) is 7.06. The van der Waals surface area contributed by atoms with Crippen molar-refractivity contribution in [1.82, 2.24) is 4.90 Å². The van der Waals surface area contributed by atoms with Crippen LogP contribution in [0, 0.1) is 29.6 Å². The highest BCUT2D eigenvalue weighted by Crippen LogP contribution is 2.42. The minimum absolute atomic E-state index is 0.0640. The van der Waals surface area contributed by atoms with E-state index in [1.807, 2.05) is 0 Å². The number of aliphatic hydroxyl groups is 2. The van der Waals surface area contributed by atoms with Crippen LogP contribution in [0.25, 0.3) is 0 Å². The Morgan fingerprint density at radius 1 is 0.558 bits per heavy atom. The van der Waals surface area contributed by atoms with Gasteiger partial charge in [0.1, 0.15) is 0 Å². The molecule has 3 unspecified atom stereocenters. The summed E-state index contributed by atoms with van der Waals surface area (Å²) in [5.74, 6) is 2.69. The fraction of sp³-hybridized carbons (Fsp3) is 1.00. The van der Waals surface area contributed by atoms with Crippen LogP contribution >= 0.6 is 7.60 Å². The normalized spacial score (nSPS) is 14.3. The van der Waals surface area contributed by atoms with E-state index < -0.39 is 7.60 Å². The number of hydrogen-bond acceptors (Lipinski definition) is 4. The molecule has 0 aromatic rings. The Hall–Kier alpha value is 0.0300. The van der Waals surface area contributed by atoms with Crippen LogP contribution in [0.5, 0.6) is 0 Å². The predicted octanol–water partition coefficient (Wildman–Crippen LogP) is 9.68. The number of aliphatic hydroxyl groups excluding tert-OH is 2. The van der Waals surface area contributed by atoms with Gasteiger partial charge in [-0.25, -0.2) is 0 Å². The number of rotatable bonds is 29. The third-order valence-corrected chi connectivity index (χ3v) is 9.83. The van der Waals surface area contributed by atoms with Gasteiger partial charge in [-0.1, -0.05) is 151 Å². The molecule has 0 amide bonds. The molecule has 4 N–H and O–H groups in total. The van der Waals surface area contributed by atoms with Crippen molar-refractivity contribution < 1.29 is 24.6 Å². The van der Waals surface area contributed by atoms with Crippen molar-refractivity contribution in [3.8, 4) is 0 Å². The second kappa shape index (κ2) is 30.7. The monoisotopic (exact) mass is 636 g/mol. The lowest BCUT2D eigenvalue weighted by molar-refractivity contribution is 0.159. The first kappa shape index (κ1) is 45.2. The second-order valence-electron chi connectivity index (χ2n) is 14.4. The van der Waals surface area contributed by atoms with Gasteiger partial charge in [-0.3, -0.25) is 9.46 Å². The Balaban J connectivity index is 0. The molecule has 0 radical (unpaired) electrons. The van der Waals surface area contributed by atoms with E-state index in [1.54, 1.807) is 0 Å². The van der Waals surface area contributed by atoms with Crippen molar-refractivity contribution in [1.29, 1.82) is 0 Å². The molecule has 0 saturated carbocycles. The molecule has 6 nitrogen and oxygen atoms in total. The van der Waals surface area contributed by atoms with E-state index in [2.05, 4.69) is 53.4 Å². The molecule has 0 bridgehead atoms.